The van der Waals surface area contributed by atoms with E-state index in [9.17, 15) is 14.7 Å². The van der Waals surface area contributed by atoms with Crippen LogP contribution in [0.1, 0.15) is 43.7 Å². The molecule has 0 bridgehead atoms. The molecule has 2 aliphatic rings. The van der Waals surface area contributed by atoms with Crippen LogP contribution in [-0.4, -0.2) is 53.3 Å². The van der Waals surface area contributed by atoms with Gasteiger partial charge >= 0.3 is 12.1 Å². The lowest BCUT2D eigenvalue weighted by Crippen LogP contribution is -2.68. The van der Waals surface area contributed by atoms with Crippen molar-refractivity contribution in [3.8, 4) is 5.75 Å². The zero-order valence-electron chi connectivity index (χ0n) is 20.2. The van der Waals surface area contributed by atoms with Crippen molar-refractivity contribution in [2.45, 2.75) is 56.3 Å². The number of likely N-dealkylation sites (tertiary alicyclic amines) is 1. The summed E-state index contributed by atoms with van der Waals surface area (Å²) >= 11 is 0. The molecule has 2 aromatic carbocycles. The number of fused-ring (bicyclic) bond motifs is 1. The molecule has 0 radical (unpaired) electrons. The van der Waals surface area contributed by atoms with Crippen LogP contribution in [-0.2, 0) is 26.3 Å². The molecule has 2 fully saturated rings. The first kappa shape index (κ1) is 24.8. The number of piperidine rings is 1. The molecular weight excluding hydrogens is 444 g/mol. The Balaban J connectivity index is 1.60. The van der Waals surface area contributed by atoms with Crippen LogP contribution in [0.4, 0.5) is 4.79 Å². The third kappa shape index (κ3) is 5.35. The second-order valence-electron chi connectivity index (χ2n) is 9.64. The number of benzene rings is 2. The fourth-order valence-corrected chi connectivity index (χ4v) is 5.88. The number of ether oxygens (including phenoxy) is 2. The van der Waals surface area contributed by atoms with Crippen molar-refractivity contribution >= 4 is 12.1 Å². The minimum atomic E-state index is -0.778. The summed E-state index contributed by atoms with van der Waals surface area (Å²) in [4.78, 5) is 27.3. The van der Waals surface area contributed by atoms with Gasteiger partial charge in [-0.3, -0.25) is 9.69 Å². The fourth-order valence-electron chi connectivity index (χ4n) is 5.88. The normalized spacial score (nSPS) is 26.3. The Kier molecular flexibility index (Phi) is 7.45. The second-order valence-corrected chi connectivity index (χ2v) is 9.64. The van der Waals surface area contributed by atoms with Crippen LogP contribution in [0.15, 0.2) is 67.3 Å². The molecule has 1 aliphatic carbocycles. The first-order chi connectivity index (χ1) is 16.9. The van der Waals surface area contributed by atoms with Gasteiger partial charge in [0.2, 0.25) is 0 Å². The molecule has 0 aromatic heterocycles. The fraction of sp³-hybridized carbons (Fsp3) is 0.429. The number of nitrogens with zero attached hydrogens (tertiary/aromatic N) is 1. The molecule has 7 nitrogen and oxygen atoms in total. The maximum absolute atomic E-state index is 12.7. The van der Waals surface area contributed by atoms with Crippen molar-refractivity contribution in [1.29, 1.82) is 0 Å². The van der Waals surface area contributed by atoms with Crippen LogP contribution in [0.25, 0.3) is 0 Å². The van der Waals surface area contributed by atoms with Gasteiger partial charge in [-0.2, -0.15) is 0 Å². The molecule has 1 saturated heterocycles. The summed E-state index contributed by atoms with van der Waals surface area (Å²) in [6, 6.07) is 16.6. The minimum Gasteiger partial charge on any atom is -0.508 e. The summed E-state index contributed by atoms with van der Waals surface area (Å²) in [5, 5.41) is 13.3. The number of amides is 1. The Hall–Kier alpha value is -3.32. The quantitative estimate of drug-likeness (QED) is 0.456. The number of carbonyl (C=O) groups is 2. The highest BCUT2D eigenvalue weighted by atomic mass is 16.6. The lowest BCUT2D eigenvalue weighted by Gasteiger charge is -2.59. The lowest BCUT2D eigenvalue weighted by molar-refractivity contribution is -0.186. The van der Waals surface area contributed by atoms with Crippen LogP contribution in [0, 0.1) is 0 Å². The van der Waals surface area contributed by atoms with Gasteiger partial charge in [0.25, 0.3) is 0 Å². The van der Waals surface area contributed by atoms with Crippen molar-refractivity contribution < 1.29 is 24.2 Å². The van der Waals surface area contributed by atoms with E-state index in [0.29, 0.717) is 32.4 Å². The number of nitrogens with one attached hydrogen (secondary N) is 1. The smallest absolute Gasteiger partial charge is 0.407 e. The van der Waals surface area contributed by atoms with E-state index < -0.39 is 17.1 Å². The van der Waals surface area contributed by atoms with E-state index >= 15 is 0 Å². The van der Waals surface area contributed by atoms with Crippen molar-refractivity contribution in [3.05, 3.63) is 78.4 Å². The molecule has 0 spiro atoms. The third-order valence-electron chi connectivity index (χ3n) is 7.36. The Labute approximate surface area is 206 Å². The molecule has 1 heterocycles. The molecule has 186 valence electrons. The van der Waals surface area contributed by atoms with Gasteiger partial charge in [0.1, 0.15) is 18.0 Å². The number of alkyl carbamates (subject to hydrolysis) is 1. The lowest BCUT2D eigenvalue weighted by atomic mass is 9.55. The third-order valence-corrected chi connectivity index (χ3v) is 7.36. The van der Waals surface area contributed by atoms with Crippen molar-refractivity contribution in [2.24, 2.45) is 0 Å². The molecule has 4 rings (SSSR count). The van der Waals surface area contributed by atoms with Crippen molar-refractivity contribution in [1.82, 2.24) is 10.2 Å². The number of phenols is 1. The largest absolute Gasteiger partial charge is 0.508 e. The summed E-state index contributed by atoms with van der Waals surface area (Å²) in [6.07, 6.45) is 3.92. The van der Waals surface area contributed by atoms with Crippen LogP contribution in [0.5, 0.6) is 5.75 Å². The molecular formula is C28H34N2O5. The molecule has 7 heteroatoms. The molecule has 0 unspecified atom stereocenters. The first-order valence-corrected chi connectivity index (χ1v) is 12.2. The summed E-state index contributed by atoms with van der Waals surface area (Å²) < 4.78 is 11.6. The standard InChI is InChI=1S/C28H34N2O5/c1-3-15-30-16-14-27(23-10-7-11-25(32)17-23)18-24(12-13-28(27,20-30)35-21(2)31)29-26(33)34-19-22-8-5-4-6-9-22/h3-11,17,24,32H,1,12-16,18-20H2,2H3,(H,29,33)/t24-,27-,28-/m0/s1. The summed E-state index contributed by atoms with van der Waals surface area (Å²) in [7, 11) is 0. The van der Waals surface area contributed by atoms with Crippen molar-refractivity contribution in [2.75, 3.05) is 19.6 Å². The Morgan fingerprint density at radius 3 is 2.71 bits per heavy atom. The number of carbonyl (C=O) groups excluding carboxylic acids is 2. The van der Waals surface area contributed by atoms with E-state index in [1.54, 1.807) is 12.1 Å². The molecule has 2 aromatic rings. The number of aromatic hydroxyl groups is 1. The zero-order valence-corrected chi connectivity index (χ0v) is 20.2. The number of phenolic OH excluding ortho intramolecular Hbond substituents is 1. The average molecular weight is 479 g/mol. The van der Waals surface area contributed by atoms with Gasteiger partial charge in [-0.25, -0.2) is 4.79 Å². The van der Waals surface area contributed by atoms with E-state index in [2.05, 4.69) is 16.8 Å². The second kappa shape index (κ2) is 10.5. The van der Waals surface area contributed by atoms with Crippen molar-refractivity contribution in [3.63, 3.8) is 0 Å². The summed E-state index contributed by atoms with van der Waals surface area (Å²) in [6.45, 7) is 7.57. The maximum atomic E-state index is 12.7. The Bertz CT molecular complexity index is 1060. The van der Waals surface area contributed by atoms with Gasteiger partial charge < -0.3 is 19.9 Å². The van der Waals surface area contributed by atoms with Gasteiger partial charge in [0, 0.05) is 31.5 Å². The Morgan fingerprint density at radius 2 is 2.00 bits per heavy atom. The predicted octanol–water partition coefficient (Wildman–Crippen LogP) is 4.30. The minimum absolute atomic E-state index is 0.157. The highest BCUT2D eigenvalue weighted by Crippen LogP contribution is 2.54. The molecule has 1 aliphatic heterocycles. The van der Waals surface area contributed by atoms with Crippen LogP contribution in [0.2, 0.25) is 0 Å². The monoisotopic (exact) mass is 478 g/mol. The number of esters is 1. The van der Waals surface area contributed by atoms with E-state index in [4.69, 9.17) is 9.47 Å². The first-order valence-electron chi connectivity index (χ1n) is 12.2. The highest BCUT2D eigenvalue weighted by molar-refractivity contribution is 5.68. The molecule has 3 atom stereocenters. The van der Waals surface area contributed by atoms with E-state index in [-0.39, 0.29) is 24.4 Å². The summed E-state index contributed by atoms with van der Waals surface area (Å²) in [5.41, 5.74) is 0.497. The van der Waals surface area contributed by atoms with Gasteiger partial charge in [0.05, 0.1) is 0 Å². The SMILES string of the molecule is C=CCN1CC[C@@]2(c3cccc(O)c3)C[C@@H](NC(=O)OCc3ccccc3)CC[C@]2(OC(C)=O)C1. The van der Waals surface area contributed by atoms with Gasteiger partial charge in [-0.05, 0) is 55.5 Å². The van der Waals surface area contributed by atoms with Gasteiger partial charge in [0.15, 0.2) is 0 Å². The molecule has 2 N–H and O–H groups in total. The zero-order chi connectivity index (χ0) is 24.9. The predicted molar refractivity (Wildman–Crippen MR) is 133 cm³/mol. The van der Waals surface area contributed by atoms with Crippen LogP contribution in [0.3, 0.4) is 0 Å². The van der Waals surface area contributed by atoms with Gasteiger partial charge in [-0.1, -0.05) is 48.5 Å². The van der Waals surface area contributed by atoms with Crippen LogP contribution >= 0.6 is 0 Å². The van der Waals surface area contributed by atoms with Crippen LogP contribution < -0.4 is 5.32 Å². The molecule has 1 amide bonds. The van der Waals surface area contributed by atoms with E-state index in [1.807, 2.05) is 48.5 Å². The molecule has 1 saturated carbocycles. The molecule has 35 heavy (non-hydrogen) atoms. The summed E-state index contributed by atoms with van der Waals surface area (Å²) in [5.74, 6) is -0.164. The highest BCUT2D eigenvalue weighted by Gasteiger charge is 2.60. The van der Waals surface area contributed by atoms with Gasteiger partial charge in [-0.15, -0.1) is 6.58 Å². The number of rotatable bonds is 7. The number of hydrogen-bond donors (Lipinski definition) is 2. The Morgan fingerprint density at radius 1 is 1.20 bits per heavy atom. The maximum Gasteiger partial charge on any atom is 0.407 e. The average Bonchev–Trinajstić information content (AvgIpc) is 2.83. The number of hydrogen-bond acceptors (Lipinski definition) is 6. The van der Waals surface area contributed by atoms with E-state index in [0.717, 1.165) is 24.1 Å². The topological polar surface area (TPSA) is 88.1 Å². The van der Waals surface area contributed by atoms with E-state index in [1.165, 1.54) is 6.92 Å².